The molecule has 1 aromatic heterocycles. The van der Waals surface area contributed by atoms with Crippen molar-refractivity contribution in [3.63, 3.8) is 0 Å². The quantitative estimate of drug-likeness (QED) is 0.790. The zero-order valence-electron chi connectivity index (χ0n) is 17.2. The fraction of sp³-hybridized carbons (Fsp3) is 0.565. The Morgan fingerprint density at radius 3 is 2.55 bits per heavy atom. The number of nitrogens with zero attached hydrogens (tertiary/aromatic N) is 3. The Bertz CT molecular complexity index is 872. The van der Waals surface area contributed by atoms with E-state index in [4.69, 9.17) is 9.26 Å². The highest BCUT2D eigenvalue weighted by Gasteiger charge is 2.50. The number of ether oxygens (including phenoxy) is 1. The minimum Gasteiger partial charge on any atom is -0.497 e. The first-order chi connectivity index (χ1) is 14.1. The second-order valence-corrected chi connectivity index (χ2v) is 8.82. The molecule has 0 radical (unpaired) electrons. The van der Waals surface area contributed by atoms with Crippen molar-refractivity contribution in [3.8, 4) is 5.75 Å². The molecule has 2 saturated heterocycles. The predicted octanol–water partition coefficient (Wildman–Crippen LogP) is 3.68. The summed E-state index contributed by atoms with van der Waals surface area (Å²) in [5, 5.41) is 3.92. The van der Waals surface area contributed by atoms with E-state index in [2.05, 4.69) is 22.2 Å². The lowest BCUT2D eigenvalue weighted by molar-refractivity contribution is 0.0651. The maximum Gasteiger partial charge on any atom is 0.293 e. The van der Waals surface area contributed by atoms with Crippen LogP contribution in [-0.2, 0) is 0 Å². The Morgan fingerprint density at radius 1 is 1.14 bits per heavy atom. The number of hydrogen-bond donors (Lipinski definition) is 0. The third-order valence-electron chi connectivity index (χ3n) is 7.09. The van der Waals surface area contributed by atoms with E-state index in [0.717, 1.165) is 37.1 Å². The second kappa shape index (κ2) is 7.48. The first-order valence-corrected chi connectivity index (χ1v) is 10.8. The van der Waals surface area contributed by atoms with Gasteiger partial charge in [-0.25, -0.2) is 0 Å². The third-order valence-corrected chi connectivity index (χ3v) is 7.09. The van der Waals surface area contributed by atoms with Crippen LogP contribution >= 0.6 is 0 Å². The lowest BCUT2D eigenvalue weighted by Crippen LogP contribution is -2.38. The molecule has 0 spiro atoms. The van der Waals surface area contributed by atoms with Gasteiger partial charge in [0.2, 0.25) is 5.76 Å². The van der Waals surface area contributed by atoms with Gasteiger partial charge in [0.25, 0.3) is 5.91 Å². The first kappa shape index (κ1) is 18.7. The van der Waals surface area contributed by atoms with Gasteiger partial charge in [-0.1, -0.05) is 30.1 Å². The van der Waals surface area contributed by atoms with Crippen LogP contribution in [0.2, 0.25) is 0 Å². The van der Waals surface area contributed by atoms with Crippen molar-refractivity contribution in [2.75, 3.05) is 26.7 Å². The molecule has 1 saturated carbocycles. The molecule has 2 aromatic rings. The third kappa shape index (κ3) is 3.33. The lowest BCUT2D eigenvalue weighted by atomic mass is 9.89. The highest BCUT2D eigenvalue weighted by atomic mass is 16.5. The molecule has 154 valence electrons. The van der Waals surface area contributed by atoms with Gasteiger partial charge in [0.05, 0.1) is 18.8 Å². The molecule has 1 aromatic carbocycles. The number of carbonyl (C=O) groups excluding carboxylic acids is 1. The van der Waals surface area contributed by atoms with E-state index in [1.54, 1.807) is 13.2 Å². The van der Waals surface area contributed by atoms with Crippen LogP contribution < -0.4 is 4.74 Å². The second-order valence-electron chi connectivity index (χ2n) is 8.82. The SMILES string of the molecule is COc1ccc([C@H]2[C@H]3CN(C4CCCC4)C[C@H]3CN2C(=O)c2cc(C)no2)cc1. The number of fused-ring (bicyclic) bond motifs is 1. The Labute approximate surface area is 171 Å². The van der Waals surface area contributed by atoms with Crippen LogP contribution in [0.1, 0.15) is 53.5 Å². The number of amides is 1. The molecule has 3 fully saturated rings. The Hall–Kier alpha value is -2.34. The molecule has 5 rings (SSSR count). The number of aromatic nitrogens is 1. The summed E-state index contributed by atoms with van der Waals surface area (Å²) in [5.41, 5.74) is 1.91. The molecule has 0 unspecified atom stereocenters. The topological polar surface area (TPSA) is 58.8 Å². The van der Waals surface area contributed by atoms with Gasteiger partial charge in [-0.3, -0.25) is 9.69 Å². The maximum atomic E-state index is 13.3. The summed E-state index contributed by atoms with van der Waals surface area (Å²) >= 11 is 0. The summed E-state index contributed by atoms with van der Waals surface area (Å²) in [6.07, 6.45) is 5.36. The molecule has 29 heavy (non-hydrogen) atoms. The standard InChI is InChI=1S/C23H29N3O3/c1-15-11-21(29-24-15)23(27)26-13-17-12-25(18-5-3-4-6-18)14-20(17)22(26)16-7-9-19(28-2)10-8-16/h7-11,17-18,20,22H,3-6,12-14H2,1-2H3/t17-,20-,22-/m0/s1. The average molecular weight is 396 g/mol. The molecule has 2 aliphatic heterocycles. The maximum absolute atomic E-state index is 13.3. The molecule has 3 aliphatic rings. The smallest absolute Gasteiger partial charge is 0.293 e. The van der Waals surface area contributed by atoms with Gasteiger partial charge in [-0.2, -0.15) is 0 Å². The van der Waals surface area contributed by atoms with Gasteiger partial charge >= 0.3 is 0 Å². The van der Waals surface area contributed by atoms with Crippen LogP contribution in [0.5, 0.6) is 5.75 Å². The summed E-state index contributed by atoms with van der Waals surface area (Å²) in [4.78, 5) is 18.0. The minimum atomic E-state index is -0.0479. The molecule has 0 bridgehead atoms. The summed E-state index contributed by atoms with van der Waals surface area (Å²) in [6.45, 7) is 4.80. The molecule has 3 heterocycles. The van der Waals surface area contributed by atoms with Gasteiger partial charge in [0.1, 0.15) is 5.75 Å². The fourth-order valence-electron chi connectivity index (χ4n) is 5.69. The molecule has 1 amide bonds. The summed E-state index contributed by atoms with van der Waals surface area (Å²) in [6, 6.07) is 10.7. The van der Waals surface area contributed by atoms with Crippen molar-refractivity contribution in [2.45, 2.75) is 44.7 Å². The zero-order valence-corrected chi connectivity index (χ0v) is 17.2. The van der Waals surface area contributed by atoms with Gasteiger partial charge in [0, 0.05) is 37.7 Å². The summed E-state index contributed by atoms with van der Waals surface area (Å²) in [7, 11) is 1.68. The Kier molecular flexibility index (Phi) is 4.82. The van der Waals surface area contributed by atoms with E-state index < -0.39 is 0 Å². The molecule has 0 N–H and O–H groups in total. The molecular formula is C23H29N3O3. The Balaban J connectivity index is 1.44. The van der Waals surface area contributed by atoms with Crippen molar-refractivity contribution < 1.29 is 14.1 Å². The zero-order chi connectivity index (χ0) is 20.0. The number of benzene rings is 1. The monoisotopic (exact) mass is 395 g/mol. The number of likely N-dealkylation sites (tertiary alicyclic amines) is 2. The van der Waals surface area contributed by atoms with Crippen LogP contribution in [0.3, 0.4) is 0 Å². The van der Waals surface area contributed by atoms with Crippen molar-refractivity contribution in [3.05, 3.63) is 47.3 Å². The Morgan fingerprint density at radius 2 is 1.90 bits per heavy atom. The first-order valence-electron chi connectivity index (χ1n) is 10.8. The normalized spacial score (nSPS) is 27.5. The van der Waals surface area contributed by atoms with E-state index in [9.17, 15) is 4.79 Å². The van der Waals surface area contributed by atoms with Gasteiger partial charge in [0.15, 0.2) is 0 Å². The van der Waals surface area contributed by atoms with E-state index in [1.807, 2.05) is 24.0 Å². The van der Waals surface area contributed by atoms with Crippen LogP contribution in [0.4, 0.5) is 0 Å². The van der Waals surface area contributed by atoms with Crippen molar-refractivity contribution >= 4 is 5.91 Å². The number of carbonyl (C=O) groups is 1. The number of methoxy groups -OCH3 is 1. The highest BCUT2D eigenvalue weighted by Crippen LogP contribution is 2.47. The van der Waals surface area contributed by atoms with Crippen LogP contribution in [0.25, 0.3) is 0 Å². The van der Waals surface area contributed by atoms with Crippen molar-refractivity contribution in [1.29, 1.82) is 0 Å². The number of aryl methyl sites for hydroxylation is 1. The van der Waals surface area contributed by atoms with Crippen LogP contribution in [-0.4, -0.2) is 53.6 Å². The van der Waals surface area contributed by atoms with E-state index in [1.165, 1.54) is 31.2 Å². The number of hydrogen-bond acceptors (Lipinski definition) is 5. The minimum absolute atomic E-state index is 0.0479. The highest BCUT2D eigenvalue weighted by molar-refractivity contribution is 5.92. The lowest BCUT2D eigenvalue weighted by Gasteiger charge is -2.31. The predicted molar refractivity (Wildman–Crippen MR) is 109 cm³/mol. The largest absolute Gasteiger partial charge is 0.497 e. The van der Waals surface area contributed by atoms with Gasteiger partial charge in [-0.15, -0.1) is 0 Å². The molecule has 3 atom stereocenters. The molecular weight excluding hydrogens is 366 g/mol. The van der Waals surface area contributed by atoms with E-state index >= 15 is 0 Å². The summed E-state index contributed by atoms with van der Waals surface area (Å²) < 4.78 is 10.6. The van der Waals surface area contributed by atoms with Gasteiger partial charge in [-0.05, 0) is 43.4 Å². The van der Waals surface area contributed by atoms with Gasteiger partial charge < -0.3 is 14.2 Å². The average Bonchev–Trinajstić information content (AvgIpc) is 3.50. The van der Waals surface area contributed by atoms with E-state index in [0.29, 0.717) is 17.6 Å². The van der Waals surface area contributed by atoms with Crippen LogP contribution in [0.15, 0.2) is 34.9 Å². The van der Waals surface area contributed by atoms with E-state index in [-0.39, 0.29) is 11.9 Å². The molecule has 1 aliphatic carbocycles. The number of rotatable bonds is 4. The van der Waals surface area contributed by atoms with Crippen molar-refractivity contribution in [2.24, 2.45) is 11.8 Å². The summed E-state index contributed by atoms with van der Waals surface area (Å²) in [5.74, 6) is 2.10. The van der Waals surface area contributed by atoms with Crippen molar-refractivity contribution in [1.82, 2.24) is 15.0 Å². The molecule has 6 nitrogen and oxygen atoms in total. The fourth-order valence-corrected chi connectivity index (χ4v) is 5.69. The molecule has 6 heteroatoms. The van der Waals surface area contributed by atoms with Crippen LogP contribution in [0, 0.1) is 18.8 Å².